The summed E-state index contributed by atoms with van der Waals surface area (Å²) in [6.07, 6.45) is 3.45. The van der Waals surface area contributed by atoms with Gasteiger partial charge in [-0.15, -0.1) is 0 Å². The summed E-state index contributed by atoms with van der Waals surface area (Å²) in [5, 5.41) is 5.25. The van der Waals surface area contributed by atoms with Gasteiger partial charge in [0.1, 0.15) is 23.1 Å². The molecule has 2 aromatic rings. The van der Waals surface area contributed by atoms with Gasteiger partial charge in [-0.25, -0.2) is 18.5 Å². The fourth-order valence-corrected chi connectivity index (χ4v) is 2.81. The second-order valence-corrected chi connectivity index (χ2v) is 6.23. The van der Waals surface area contributed by atoms with Gasteiger partial charge in [0.25, 0.3) is 0 Å². The number of hydrogen-bond donors (Lipinski definition) is 1. The number of nitrogens with zero attached hydrogens (tertiary/aromatic N) is 2. The average molecular weight is 295 g/mol. The number of benzene rings is 1. The average Bonchev–Trinajstić information content (AvgIpc) is 2.72. The van der Waals surface area contributed by atoms with Crippen molar-refractivity contribution in [2.24, 2.45) is 12.2 Å². The van der Waals surface area contributed by atoms with Gasteiger partial charge in [0.05, 0.1) is 0 Å². The van der Waals surface area contributed by atoms with E-state index in [9.17, 15) is 8.42 Å². The number of primary sulfonamides is 1. The van der Waals surface area contributed by atoms with Gasteiger partial charge in [-0.3, -0.25) is 0 Å². The topological polar surface area (TPSA) is 87.2 Å². The summed E-state index contributed by atoms with van der Waals surface area (Å²) in [5.74, 6) is 0.978. The lowest BCUT2D eigenvalue weighted by molar-refractivity contribution is 0.282. The van der Waals surface area contributed by atoms with Gasteiger partial charge >= 0.3 is 0 Å². The molecule has 7 heteroatoms. The maximum atomic E-state index is 11.7. The summed E-state index contributed by atoms with van der Waals surface area (Å²) in [6.45, 7) is 3.77. The lowest BCUT2D eigenvalue weighted by atomic mass is 10.1. The third kappa shape index (κ3) is 3.00. The van der Waals surface area contributed by atoms with E-state index in [1.54, 1.807) is 23.9 Å². The molecule has 0 spiro atoms. The first kappa shape index (κ1) is 14.5. The molecule has 2 N–H and O–H groups in total. The Balaban J connectivity index is 2.38. The lowest BCUT2D eigenvalue weighted by Crippen LogP contribution is -2.15. The molecule has 0 radical (unpaired) electrons. The molecule has 20 heavy (non-hydrogen) atoms. The van der Waals surface area contributed by atoms with Crippen LogP contribution in [0.4, 0.5) is 0 Å². The molecule has 0 saturated heterocycles. The van der Waals surface area contributed by atoms with E-state index in [4.69, 9.17) is 9.88 Å². The highest BCUT2D eigenvalue weighted by Crippen LogP contribution is 2.29. The largest absolute Gasteiger partial charge is 0.484 e. The first-order valence-corrected chi connectivity index (χ1v) is 7.56. The van der Waals surface area contributed by atoms with E-state index in [1.165, 1.54) is 6.07 Å². The van der Waals surface area contributed by atoms with Crippen LogP contribution in [0.1, 0.15) is 17.0 Å². The van der Waals surface area contributed by atoms with Crippen LogP contribution < -0.4 is 9.88 Å². The van der Waals surface area contributed by atoms with E-state index in [0.29, 0.717) is 5.82 Å². The third-order valence-corrected chi connectivity index (χ3v) is 3.87. The number of aromatic nitrogens is 2. The van der Waals surface area contributed by atoms with E-state index in [0.717, 1.165) is 11.1 Å². The highest BCUT2D eigenvalue weighted by atomic mass is 32.2. The predicted molar refractivity (Wildman–Crippen MR) is 74.8 cm³/mol. The number of nitrogens with two attached hydrogens (primary N) is 1. The molecule has 0 unspecified atom stereocenters. The van der Waals surface area contributed by atoms with Crippen LogP contribution in [0.3, 0.4) is 0 Å². The minimum atomic E-state index is -3.83. The van der Waals surface area contributed by atoms with Crippen molar-refractivity contribution < 1.29 is 13.2 Å². The first-order chi connectivity index (χ1) is 9.29. The van der Waals surface area contributed by atoms with Gasteiger partial charge in [0.2, 0.25) is 10.0 Å². The zero-order valence-corrected chi connectivity index (χ0v) is 12.4. The van der Waals surface area contributed by atoms with Gasteiger partial charge in [-0.2, -0.15) is 0 Å². The second kappa shape index (κ2) is 5.26. The molecule has 0 aliphatic rings. The number of aryl methyl sites for hydroxylation is 3. The van der Waals surface area contributed by atoms with Gasteiger partial charge in [0, 0.05) is 19.4 Å². The summed E-state index contributed by atoms with van der Waals surface area (Å²) < 4.78 is 30.8. The van der Waals surface area contributed by atoms with Crippen LogP contribution in [0.25, 0.3) is 0 Å². The Labute approximate surface area is 118 Å². The molecule has 1 aromatic heterocycles. The Morgan fingerprint density at radius 2 is 2.05 bits per heavy atom. The van der Waals surface area contributed by atoms with Crippen molar-refractivity contribution in [3.63, 3.8) is 0 Å². The Morgan fingerprint density at radius 3 is 2.60 bits per heavy atom. The Kier molecular flexibility index (Phi) is 3.82. The molecule has 108 valence electrons. The van der Waals surface area contributed by atoms with Crippen LogP contribution in [0, 0.1) is 13.8 Å². The summed E-state index contributed by atoms with van der Waals surface area (Å²) in [5.41, 5.74) is 1.54. The summed E-state index contributed by atoms with van der Waals surface area (Å²) in [6, 6.07) is 3.36. The standard InChI is InChI=1S/C13H17N3O3S/c1-9-6-10(2)13(11(7-9)20(14,17)18)19-8-12-15-4-5-16(12)3/h4-7H,8H2,1-3H3,(H2,14,17,18). The first-order valence-electron chi connectivity index (χ1n) is 6.02. The van der Waals surface area contributed by atoms with Crippen LogP contribution >= 0.6 is 0 Å². The molecule has 0 atom stereocenters. The van der Waals surface area contributed by atoms with E-state index >= 15 is 0 Å². The van der Waals surface area contributed by atoms with Crippen molar-refractivity contribution in [2.45, 2.75) is 25.3 Å². The zero-order chi connectivity index (χ0) is 14.9. The molecule has 0 saturated carbocycles. The zero-order valence-electron chi connectivity index (χ0n) is 11.6. The maximum Gasteiger partial charge on any atom is 0.241 e. The van der Waals surface area contributed by atoms with E-state index in [1.807, 2.05) is 20.0 Å². The molecule has 0 fully saturated rings. The normalized spacial score (nSPS) is 11.6. The van der Waals surface area contributed by atoms with Crippen molar-refractivity contribution >= 4 is 10.0 Å². The Bertz CT molecular complexity index is 735. The molecule has 0 aliphatic heterocycles. The molecule has 6 nitrogen and oxygen atoms in total. The highest BCUT2D eigenvalue weighted by Gasteiger charge is 2.18. The predicted octanol–water partition coefficient (Wildman–Crippen LogP) is 1.26. The quantitative estimate of drug-likeness (QED) is 0.920. The summed E-state index contributed by atoms with van der Waals surface area (Å²) in [7, 11) is -1.99. The minimum absolute atomic E-state index is 0.00390. The fraction of sp³-hybridized carbons (Fsp3) is 0.308. The molecule has 1 aromatic carbocycles. The highest BCUT2D eigenvalue weighted by molar-refractivity contribution is 7.89. The van der Waals surface area contributed by atoms with E-state index in [-0.39, 0.29) is 17.3 Å². The molecule has 0 amide bonds. The summed E-state index contributed by atoms with van der Waals surface area (Å²) >= 11 is 0. The third-order valence-electron chi connectivity index (χ3n) is 2.96. The molecule has 2 rings (SSSR count). The van der Waals surface area contributed by atoms with Crippen molar-refractivity contribution in [3.8, 4) is 5.75 Å². The minimum Gasteiger partial charge on any atom is -0.484 e. The van der Waals surface area contributed by atoms with E-state index in [2.05, 4.69) is 4.98 Å². The second-order valence-electron chi connectivity index (χ2n) is 4.70. The number of ether oxygens (including phenoxy) is 1. The number of sulfonamides is 1. The molecular formula is C13H17N3O3S. The fourth-order valence-electron chi connectivity index (χ4n) is 1.98. The molecule has 0 aliphatic carbocycles. The molecular weight excluding hydrogens is 278 g/mol. The maximum absolute atomic E-state index is 11.7. The number of rotatable bonds is 4. The van der Waals surface area contributed by atoms with Crippen molar-refractivity contribution in [1.29, 1.82) is 0 Å². The Hall–Kier alpha value is -1.86. The van der Waals surface area contributed by atoms with Crippen LogP contribution in [0.5, 0.6) is 5.75 Å². The monoisotopic (exact) mass is 295 g/mol. The Morgan fingerprint density at radius 1 is 1.35 bits per heavy atom. The molecule has 1 heterocycles. The number of hydrogen-bond acceptors (Lipinski definition) is 4. The SMILES string of the molecule is Cc1cc(C)c(OCc2nccn2C)c(S(N)(=O)=O)c1. The number of imidazole rings is 1. The van der Waals surface area contributed by atoms with Gasteiger partial charge in [0.15, 0.2) is 0 Å². The van der Waals surface area contributed by atoms with Crippen LogP contribution in [0.15, 0.2) is 29.4 Å². The van der Waals surface area contributed by atoms with Crippen LogP contribution in [-0.2, 0) is 23.7 Å². The van der Waals surface area contributed by atoms with E-state index < -0.39 is 10.0 Å². The summed E-state index contributed by atoms with van der Waals surface area (Å²) in [4.78, 5) is 4.13. The lowest BCUT2D eigenvalue weighted by Gasteiger charge is -2.14. The van der Waals surface area contributed by atoms with Crippen LogP contribution in [0.2, 0.25) is 0 Å². The van der Waals surface area contributed by atoms with Crippen molar-refractivity contribution in [2.75, 3.05) is 0 Å². The molecule has 0 bridgehead atoms. The van der Waals surface area contributed by atoms with Gasteiger partial charge in [-0.05, 0) is 31.0 Å². The van der Waals surface area contributed by atoms with Gasteiger partial charge < -0.3 is 9.30 Å². The van der Waals surface area contributed by atoms with Crippen molar-refractivity contribution in [1.82, 2.24) is 9.55 Å². The van der Waals surface area contributed by atoms with Crippen LogP contribution in [-0.4, -0.2) is 18.0 Å². The smallest absolute Gasteiger partial charge is 0.241 e. The van der Waals surface area contributed by atoms with Gasteiger partial charge in [-0.1, -0.05) is 6.07 Å². The van der Waals surface area contributed by atoms with Crippen molar-refractivity contribution in [3.05, 3.63) is 41.5 Å².